The van der Waals surface area contributed by atoms with Gasteiger partial charge in [0.25, 0.3) is 0 Å². The summed E-state index contributed by atoms with van der Waals surface area (Å²) in [4.78, 5) is 11.0. The standard InChI is InChI=1S/C21H21ClN4O4/c1-26-7-5-13(6-8-26)28-17-10-12(27)9-15-18(17)20(24-11-23-15)25-14-3-2-4-16-19(14)30-21(22)29-16/h2-4,9-11,13,21,27H,5-8H2,1H3,(H,23,24,25). The third-order valence-corrected chi connectivity index (χ3v) is 5.49. The average molecular weight is 429 g/mol. The predicted molar refractivity (Wildman–Crippen MR) is 113 cm³/mol. The number of likely N-dealkylation sites (tertiary alicyclic amines) is 1. The molecule has 0 spiro atoms. The number of phenols is 1. The average Bonchev–Trinajstić information content (AvgIpc) is 3.11. The Labute approximate surface area is 178 Å². The molecule has 3 aromatic rings. The quantitative estimate of drug-likeness (QED) is 0.606. The van der Waals surface area contributed by atoms with E-state index in [0.29, 0.717) is 39.7 Å². The lowest BCUT2D eigenvalue weighted by atomic mass is 10.1. The fraction of sp³-hybridized carbons (Fsp3) is 0.333. The van der Waals surface area contributed by atoms with Gasteiger partial charge in [-0.1, -0.05) is 6.07 Å². The molecule has 2 aliphatic heterocycles. The van der Waals surface area contributed by atoms with E-state index in [1.807, 2.05) is 12.1 Å². The second kappa shape index (κ2) is 7.70. The topological polar surface area (TPSA) is 89.0 Å². The minimum Gasteiger partial charge on any atom is -0.508 e. The molecule has 0 saturated carbocycles. The number of rotatable bonds is 4. The van der Waals surface area contributed by atoms with Gasteiger partial charge in [-0.05, 0) is 43.6 Å². The number of ether oxygens (including phenoxy) is 3. The van der Waals surface area contributed by atoms with Crippen LogP contribution in [0.5, 0.6) is 23.0 Å². The molecule has 3 heterocycles. The van der Waals surface area contributed by atoms with E-state index in [0.717, 1.165) is 25.9 Å². The first kappa shape index (κ1) is 19.0. The van der Waals surface area contributed by atoms with Crippen LogP contribution in [-0.2, 0) is 0 Å². The summed E-state index contributed by atoms with van der Waals surface area (Å²) in [5.74, 6) is 1.38. The van der Waals surface area contributed by atoms with E-state index in [4.69, 9.17) is 25.8 Å². The zero-order valence-electron chi connectivity index (χ0n) is 16.3. The maximum atomic E-state index is 10.2. The van der Waals surface area contributed by atoms with Crippen molar-refractivity contribution in [2.24, 2.45) is 0 Å². The van der Waals surface area contributed by atoms with E-state index in [-0.39, 0.29) is 11.9 Å². The van der Waals surface area contributed by atoms with E-state index in [1.54, 1.807) is 18.2 Å². The number of anilines is 2. The van der Waals surface area contributed by atoms with Gasteiger partial charge < -0.3 is 29.5 Å². The number of piperidine rings is 1. The summed E-state index contributed by atoms with van der Waals surface area (Å²) < 4.78 is 17.3. The summed E-state index contributed by atoms with van der Waals surface area (Å²) in [5.41, 5.74) is 1.24. The molecule has 2 aliphatic rings. The molecule has 1 aromatic heterocycles. The fourth-order valence-corrected chi connectivity index (χ4v) is 3.97. The summed E-state index contributed by atoms with van der Waals surface area (Å²) in [6.07, 6.45) is 3.33. The second-order valence-electron chi connectivity index (χ2n) is 7.45. The molecular weight excluding hydrogens is 408 g/mol. The second-order valence-corrected chi connectivity index (χ2v) is 7.81. The van der Waals surface area contributed by atoms with E-state index in [9.17, 15) is 5.11 Å². The van der Waals surface area contributed by atoms with Gasteiger partial charge in [0.05, 0.1) is 16.6 Å². The molecule has 5 rings (SSSR count). The third-order valence-electron chi connectivity index (χ3n) is 5.31. The van der Waals surface area contributed by atoms with Gasteiger partial charge in [0.2, 0.25) is 0 Å². The van der Waals surface area contributed by atoms with Crippen LogP contribution in [0.15, 0.2) is 36.7 Å². The van der Waals surface area contributed by atoms with Crippen molar-refractivity contribution in [2.75, 3.05) is 25.5 Å². The van der Waals surface area contributed by atoms with Crippen LogP contribution in [0.2, 0.25) is 0 Å². The smallest absolute Gasteiger partial charge is 0.322 e. The van der Waals surface area contributed by atoms with Crippen molar-refractivity contribution in [1.82, 2.24) is 14.9 Å². The van der Waals surface area contributed by atoms with Crippen LogP contribution in [0, 0.1) is 0 Å². The van der Waals surface area contributed by atoms with Gasteiger partial charge in [-0.3, -0.25) is 0 Å². The molecule has 1 fully saturated rings. The molecule has 0 bridgehead atoms. The first-order valence-corrected chi connectivity index (χ1v) is 10.2. The molecule has 1 saturated heterocycles. The number of fused-ring (bicyclic) bond motifs is 2. The highest BCUT2D eigenvalue weighted by molar-refractivity contribution is 6.19. The molecule has 2 N–H and O–H groups in total. The Bertz CT molecular complexity index is 1090. The van der Waals surface area contributed by atoms with Crippen LogP contribution in [-0.4, -0.2) is 52.0 Å². The monoisotopic (exact) mass is 428 g/mol. The van der Waals surface area contributed by atoms with Crippen molar-refractivity contribution in [3.63, 3.8) is 0 Å². The number of phenolic OH excluding ortho intramolecular Hbond substituents is 1. The minimum atomic E-state index is -0.870. The molecule has 1 unspecified atom stereocenters. The molecule has 0 aliphatic carbocycles. The minimum absolute atomic E-state index is 0.0639. The summed E-state index contributed by atoms with van der Waals surface area (Å²) in [6, 6.07) is 8.67. The fourth-order valence-electron chi connectivity index (χ4n) is 3.78. The van der Waals surface area contributed by atoms with Crippen molar-refractivity contribution in [1.29, 1.82) is 0 Å². The van der Waals surface area contributed by atoms with Crippen LogP contribution >= 0.6 is 11.6 Å². The molecule has 0 radical (unpaired) electrons. The molecule has 156 valence electrons. The Morgan fingerprint density at radius 2 is 2.03 bits per heavy atom. The van der Waals surface area contributed by atoms with Crippen LogP contribution in [0.3, 0.4) is 0 Å². The van der Waals surface area contributed by atoms with Crippen molar-refractivity contribution in [3.8, 4) is 23.0 Å². The molecule has 30 heavy (non-hydrogen) atoms. The molecule has 2 aromatic carbocycles. The largest absolute Gasteiger partial charge is 0.508 e. The summed E-state index contributed by atoms with van der Waals surface area (Å²) in [5, 5.41) is 14.2. The van der Waals surface area contributed by atoms with Crippen molar-refractivity contribution in [3.05, 3.63) is 36.7 Å². The Balaban J connectivity index is 1.53. The lowest BCUT2D eigenvalue weighted by molar-refractivity contribution is 0.115. The number of aromatic nitrogens is 2. The van der Waals surface area contributed by atoms with E-state index >= 15 is 0 Å². The number of para-hydroxylation sites is 1. The highest BCUT2D eigenvalue weighted by atomic mass is 35.5. The van der Waals surface area contributed by atoms with Gasteiger partial charge >= 0.3 is 5.75 Å². The maximum Gasteiger partial charge on any atom is 0.322 e. The number of hydrogen-bond donors (Lipinski definition) is 2. The van der Waals surface area contributed by atoms with Gasteiger partial charge in [-0.15, -0.1) is 0 Å². The van der Waals surface area contributed by atoms with Crippen LogP contribution in [0.4, 0.5) is 11.5 Å². The normalized spacial score (nSPS) is 19.2. The van der Waals surface area contributed by atoms with Gasteiger partial charge in [-0.25, -0.2) is 9.97 Å². The number of halogens is 1. The zero-order valence-corrected chi connectivity index (χ0v) is 17.1. The summed E-state index contributed by atoms with van der Waals surface area (Å²) >= 11 is 5.96. The Morgan fingerprint density at radius 1 is 1.20 bits per heavy atom. The van der Waals surface area contributed by atoms with Gasteiger partial charge in [0, 0.05) is 25.2 Å². The van der Waals surface area contributed by atoms with Gasteiger partial charge in [-0.2, -0.15) is 0 Å². The van der Waals surface area contributed by atoms with E-state index < -0.39 is 5.75 Å². The SMILES string of the molecule is CN1CCC(Oc2cc(O)cc3ncnc(Nc4cccc5c4OC(Cl)O5)c23)CC1. The summed E-state index contributed by atoms with van der Waals surface area (Å²) in [7, 11) is 2.10. The number of benzene rings is 2. The van der Waals surface area contributed by atoms with Crippen LogP contribution in [0.1, 0.15) is 12.8 Å². The summed E-state index contributed by atoms with van der Waals surface area (Å²) in [6.45, 7) is 1.94. The van der Waals surface area contributed by atoms with Crippen molar-refractivity contribution >= 4 is 34.0 Å². The van der Waals surface area contributed by atoms with Crippen LogP contribution in [0.25, 0.3) is 10.9 Å². The predicted octanol–water partition coefficient (Wildman–Crippen LogP) is 3.85. The lowest BCUT2D eigenvalue weighted by Crippen LogP contribution is -2.35. The Kier molecular flexibility index (Phi) is 4.88. The first-order chi connectivity index (χ1) is 14.6. The third kappa shape index (κ3) is 3.64. The molecule has 9 heteroatoms. The highest BCUT2D eigenvalue weighted by Gasteiger charge is 2.26. The van der Waals surface area contributed by atoms with Gasteiger partial charge in [0.1, 0.15) is 29.7 Å². The number of nitrogens with one attached hydrogen (secondary N) is 1. The van der Waals surface area contributed by atoms with Crippen molar-refractivity contribution in [2.45, 2.75) is 24.7 Å². The van der Waals surface area contributed by atoms with E-state index in [1.165, 1.54) is 6.33 Å². The molecular formula is C21H21ClN4O4. The number of alkyl halides is 1. The first-order valence-electron chi connectivity index (χ1n) is 9.77. The van der Waals surface area contributed by atoms with Gasteiger partial charge in [0.15, 0.2) is 11.5 Å². The zero-order chi connectivity index (χ0) is 20.7. The lowest BCUT2D eigenvalue weighted by Gasteiger charge is -2.29. The molecule has 0 amide bonds. The highest BCUT2D eigenvalue weighted by Crippen LogP contribution is 2.44. The Morgan fingerprint density at radius 3 is 2.87 bits per heavy atom. The Hall–Kier alpha value is -2.97. The maximum absolute atomic E-state index is 10.2. The van der Waals surface area contributed by atoms with Crippen molar-refractivity contribution < 1.29 is 19.3 Å². The molecule has 1 atom stereocenters. The number of hydrogen-bond acceptors (Lipinski definition) is 8. The number of nitrogens with zero attached hydrogens (tertiary/aromatic N) is 3. The van der Waals surface area contributed by atoms with E-state index in [2.05, 4.69) is 27.2 Å². The molecule has 8 nitrogen and oxygen atoms in total. The van der Waals surface area contributed by atoms with Crippen LogP contribution < -0.4 is 19.5 Å². The number of aromatic hydroxyl groups is 1.